The van der Waals surface area contributed by atoms with Gasteiger partial charge in [0.1, 0.15) is 0 Å². The number of aliphatic hydroxyl groups excluding tert-OH is 1. The van der Waals surface area contributed by atoms with Crippen LogP contribution in [0.15, 0.2) is 0 Å². The van der Waals surface area contributed by atoms with Gasteiger partial charge in [-0.2, -0.15) is 11.8 Å². The lowest BCUT2D eigenvalue weighted by atomic mass is 10.1. The van der Waals surface area contributed by atoms with E-state index < -0.39 is 6.10 Å². The highest BCUT2D eigenvalue weighted by Gasteiger charge is 2.33. The molecule has 0 saturated carbocycles. The van der Waals surface area contributed by atoms with Gasteiger partial charge in [0.05, 0.1) is 18.6 Å². The molecule has 0 amide bonds. The van der Waals surface area contributed by atoms with Crippen molar-refractivity contribution in [2.24, 2.45) is 11.8 Å². The van der Waals surface area contributed by atoms with Crippen molar-refractivity contribution in [2.75, 3.05) is 18.1 Å². The molecule has 4 heteroatoms. The van der Waals surface area contributed by atoms with Gasteiger partial charge in [0, 0.05) is 11.5 Å². The lowest BCUT2D eigenvalue weighted by Crippen LogP contribution is -2.28. The minimum absolute atomic E-state index is 0.226. The minimum Gasteiger partial charge on any atom is -0.465 e. The van der Waals surface area contributed by atoms with Gasteiger partial charge in [-0.1, -0.05) is 20.3 Å². The Morgan fingerprint density at radius 2 is 2.33 bits per heavy atom. The molecule has 1 aliphatic rings. The van der Waals surface area contributed by atoms with E-state index in [1.165, 1.54) is 0 Å². The van der Waals surface area contributed by atoms with Crippen LogP contribution in [-0.2, 0) is 9.53 Å². The van der Waals surface area contributed by atoms with E-state index in [2.05, 4.69) is 13.8 Å². The Balaban J connectivity index is 2.18. The molecule has 1 aliphatic heterocycles. The predicted molar refractivity (Wildman–Crippen MR) is 61.9 cm³/mol. The van der Waals surface area contributed by atoms with Crippen molar-refractivity contribution in [1.82, 2.24) is 0 Å². The molecule has 3 nitrogen and oxygen atoms in total. The molecule has 1 fully saturated rings. The van der Waals surface area contributed by atoms with Gasteiger partial charge in [0.25, 0.3) is 0 Å². The molecule has 1 saturated heterocycles. The van der Waals surface area contributed by atoms with Crippen LogP contribution in [0.3, 0.4) is 0 Å². The van der Waals surface area contributed by atoms with Crippen molar-refractivity contribution in [3.63, 3.8) is 0 Å². The van der Waals surface area contributed by atoms with Crippen molar-refractivity contribution in [2.45, 2.75) is 32.8 Å². The highest BCUT2D eigenvalue weighted by molar-refractivity contribution is 7.99. The lowest BCUT2D eigenvalue weighted by molar-refractivity contribution is -0.150. The van der Waals surface area contributed by atoms with Crippen LogP contribution in [0.1, 0.15) is 26.7 Å². The third-order valence-electron chi connectivity index (χ3n) is 2.91. The van der Waals surface area contributed by atoms with E-state index >= 15 is 0 Å². The molecular weight excluding hydrogens is 212 g/mol. The average Bonchev–Trinajstić information content (AvgIpc) is 2.64. The zero-order chi connectivity index (χ0) is 11.3. The molecule has 3 unspecified atom stereocenters. The molecule has 1 N–H and O–H groups in total. The van der Waals surface area contributed by atoms with Crippen molar-refractivity contribution in [1.29, 1.82) is 0 Å². The molecule has 15 heavy (non-hydrogen) atoms. The molecule has 0 bridgehead atoms. The predicted octanol–water partition coefficient (Wildman–Crippen LogP) is 1.69. The fourth-order valence-electron chi connectivity index (χ4n) is 1.44. The van der Waals surface area contributed by atoms with E-state index in [-0.39, 0.29) is 11.9 Å². The number of rotatable bonds is 5. The van der Waals surface area contributed by atoms with E-state index in [1.807, 2.05) is 0 Å². The smallest absolute Gasteiger partial charge is 0.312 e. The quantitative estimate of drug-likeness (QED) is 0.733. The van der Waals surface area contributed by atoms with E-state index in [4.69, 9.17) is 4.74 Å². The number of ether oxygens (including phenoxy) is 1. The lowest BCUT2D eigenvalue weighted by Gasteiger charge is -2.14. The summed E-state index contributed by atoms with van der Waals surface area (Å²) in [5.41, 5.74) is 0. The monoisotopic (exact) mass is 232 g/mol. The zero-order valence-electron chi connectivity index (χ0n) is 9.44. The van der Waals surface area contributed by atoms with Crippen LogP contribution < -0.4 is 0 Å². The summed E-state index contributed by atoms with van der Waals surface area (Å²) >= 11 is 1.61. The number of esters is 1. The molecule has 88 valence electrons. The highest BCUT2D eigenvalue weighted by atomic mass is 32.2. The van der Waals surface area contributed by atoms with Crippen molar-refractivity contribution in [3.8, 4) is 0 Å². The molecule has 0 aromatic carbocycles. The van der Waals surface area contributed by atoms with Gasteiger partial charge in [-0.25, -0.2) is 0 Å². The Kier molecular flexibility index (Phi) is 5.47. The summed E-state index contributed by atoms with van der Waals surface area (Å²) in [4.78, 5) is 11.5. The first-order chi connectivity index (χ1) is 7.15. The van der Waals surface area contributed by atoms with E-state index in [0.29, 0.717) is 24.0 Å². The van der Waals surface area contributed by atoms with Gasteiger partial charge in [-0.3, -0.25) is 4.79 Å². The van der Waals surface area contributed by atoms with Crippen LogP contribution in [0.5, 0.6) is 0 Å². The van der Waals surface area contributed by atoms with Crippen LogP contribution in [0, 0.1) is 11.8 Å². The Bertz CT molecular complexity index is 208. The molecule has 1 rings (SSSR count). The summed E-state index contributed by atoms with van der Waals surface area (Å²) in [6, 6.07) is 0. The number of carbonyl (C=O) groups excluding carboxylic acids is 1. The third kappa shape index (κ3) is 4.03. The van der Waals surface area contributed by atoms with Crippen LogP contribution in [0.25, 0.3) is 0 Å². The molecule has 0 spiro atoms. The largest absolute Gasteiger partial charge is 0.465 e. The number of carbonyl (C=O) groups is 1. The third-order valence-corrected chi connectivity index (χ3v) is 4.08. The highest BCUT2D eigenvalue weighted by Crippen LogP contribution is 2.25. The maximum atomic E-state index is 11.5. The van der Waals surface area contributed by atoms with Crippen molar-refractivity contribution in [3.05, 3.63) is 0 Å². The Morgan fingerprint density at radius 3 is 2.87 bits per heavy atom. The summed E-state index contributed by atoms with van der Waals surface area (Å²) < 4.78 is 5.16. The van der Waals surface area contributed by atoms with Gasteiger partial charge < -0.3 is 9.84 Å². The second-order valence-electron chi connectivity index (χ2n) is 4.18. The number of aliphatic hydroxyl groups is 1. The fraction of sp³-hybridized carbons (Fsp3) is 0.909. The maximum Gasteiger partial charge on any atom is 0.312 e. The first-order valence-electron chi connectivity index (χ1n) is 5.57. The van der Waals surface area contributed by atoms with E-state index in [9.17, 15) is 9.90 Å². The van der Waals surface area contributed by atoms with Crippen LogP contribution >= 0.6 is 11.8 Å². The Hall–Kier alpha value is -0.220. The SMILES string of the molecule is CCC(C)CCOC(=O)C1CSCC1O. The van der Waals surface area contributed by atoms with Gasteiger partial charge in [0.2, 0.25) is 0 Å². The van der Waals surface area contributed by atoms with Gasteiger partial charge in [-0.05, 0) is 12.3 Å². The topological polar surface area (TPSA) is 46.5 Å². The first kappa shape index (κ1) is 12.8. The summed E-state index contributed by atoms with van der Waals surface area (Å²) in [6.07, 6.45) is 1.52. The Labute approximate surface area is 95.6 Å². The normalized spacial score (nSPS) is 27.7. The maximum absolute atomic E-state index is 11.5. The number of thioether (sulfide) groups is 1. The van der Waals surface area contributed by atoms with Crippen LogP contribution in [0.2, 0.25) is 0 Å². The fourth-order valence-corrected chi connectivity index (χ4v) is 2.66. The van der Waals surface area contributed by atoms with Crippen LogP contribution in [0.4, 0.5) is 0 Å². The molecule has 0 aromatic heterocycles. The van der Waals surface area contributed by atoms with Crippen LogP contribution in [-0.4, -0.2) is 35.3 Å². The van der Waals surface area contributed by atoms with Gasteiger partial charge >= 0.3 is 5.97 Å². The average molecular weight is 232 g/mol. The first-order valence-corrected chi connectivity index (χ1v) is 6.73. The van der Waals surface area contributed by atoms with Gasteiger partial charge in [0.15, 0.2) is 0 Å². The number of hydrogen-bond donors (Lipinski definition) is 1. The van der Waals surface area contributed by atoms with Crippen molar-refractivity contribution >= 4 is 17.7 Å². The standard InChI is InChI=1S/C11H20O3S/c1-3-8(2)4-5-14-11(13)9-6-15-7-10(9)12/h8-10,12H,3-7H2,1-2H3. The summed E-state index contributed by atoms with van der Waals surface area (Å²) in [5, 5.41) is 9.49. The molecule has 0 aromatic rings. The summed E-state index contributed by atoms with van der Waals surface area (Å²) in [5.74, 6) is 1.43. The van der Waals surface area contributed by atoms with Gasteiger partial charge in [-0.15, -0.1) is 0 Å². The van der Waals surface area contributed by atoms with E-state index in [0.717, 1.165) is 12.8 Å². The zero-order valence-corrected chi connectivity index (χ0v) is 10.3. The molecule has 0 radical (unpaired) electrons. The van der Waals surface area contributed by atoms with Crippen molar-refractivity contribution < 1.29 is 14.6 Å². The minimum atomic E-state index is -0.508. The second-order valence-corrected chi connectivity index (χ2v) is 5.26. The molecular formula is C11H20O3S. The molecule has 1 heterocycles. The Morgan fingerprint density at radius 1 is 1.60 bits per heavy atom. The molecule has 3 atom stereocenters. The summed E-state index contributed by atoms with van der Waals surface area (Å²) in [7, 11) is 0. The second kappa shape index (κ2) is 6.38. The molecule has 0 aliphatic carbocycles. The number of hydrogen-bond acceptors (Lipinski definition) is 4. The van der Waals surface area contributed by atoms with E-state index in [1.54, 1.807) is 11.8 Å². The summed E-state index contributed by atoms with van der Waals surface area (Å²) in [6.45, 7) is 4.76.